The number of ether oxygens (including phenoxy) is 2. The zero-order valence-electron chi connectivity index (χ0n) is 8.07. The van der Waals surface area contributed by atoms with Crippen molar-refractivity contribution >= 4 is 5.91 Å². The smallest absolute Gasteiger partial charge is 0.239 e. The van der Waals surface area contributed by atoms with Crippen molar-refractivity contribution in [1.29, 1.82) is 0 Å². The highest BCUT2D eigenvalue weighted by molar-refractivity contribution is 5.88. The van der Waals surface area contributed by atoms with Crippen LogP contribution in [0.4, 0.5) is 0 Å². The Labute approximate surface area is 82.9 Å². The van der Waals surface area contributed by atoms with E-state index >= 15 is 0 Å². The van der Waals surface area contributed by atoms with Crippen LogP contribution < -0.4 is 11.1 Å². The van der Waals surface area contributed by atoms with E-state index in [1.807, 2.05) is 0 Å². The van der Waals surface area contributed by atoms with Gasteiger partial charge in [-0.3, -0.25) is 4.79 Å². The Morgan fingerprint density at radius 1 is 1.57 bits per heavy atom. The zero-order chi connectivity index (χ0) is 9.97. The summed E-state index contributed by atoms with van der Waals surface area (Å²) in [6.07, 6.45) is 3.09. The van der Waals surface area contributed by atoms with Gasteiger partial charge in [-0.2, -0.15) is 0 Å². The lowest BCUT2D eigenvalue weighted by atomic mass is 10.0. The lowest BCUT2D eigenvalue weighted by molar-refractivity contribution is -0.172. The van der Waals surface area contributed by atoms with E-state index in [9.17, 15) is 4.79 Å². The van der Waals surface area contributed by atoms with Crippen LogP contribution in [0.3, 0.4) is 0 Å². The van der Waals surface area contributed by atoms with Gasteiger partial charge in [-0.05, 0) is 19.3 Å². The fraction of sp³-hybridized carbons (Fsp3) is 0.889. The molecule has 0 unspecified atom stereocenters. The van der Waals surface area contributed by atoms with Gasteiger partial charge in [-0.25, -0.2) is 0 Å². The molecule has 0 aromatic rings. The minimum atomic E-state index is -0.404. The number of nitrogens with one attached hydrogen (secondary N) is 1. The van der Waals surface area contributed by atoms with Crippen LogP contribution in [0.2, 0.25) is 0 Å². The minimum Gasteiger partial charge on any atom is -0.353 e. The normalized spacial score (nSPS) is 37.5. The first-order valence-corrected chi connectivity index (χ1v) is 5.06. The van der Waals surface area contributed by atoms with Crippen molar-refractivity contribution < 1.29 is 14.3 Å². The van der Waals surface area contributed by atoms with Crippen LogP contribution in [0.1, 0.15) is 19.3 Å². The van der Waals surface area contributed by atoms with Gasteiger partial charge in [0.05, 0.1) is 12.6 Å². The summed E-state index contributed by atoms with van der Waals surface area (Å²) < 4.78 is 10.9. The number of nitrogens with two attached hydrogens (primary N) is 1. The first kappa shape index (κ1) is 9.89. The lowest BCUT2D eigenvalue weighted by Crippen LogP contribution is -2.68. The van der Waals surface area contributed by atoms with Crippen molar-refractivity contribution in [2.24, 2.45) is 5.73 Å². The van der Waals surface area contributed by atoms with Crippen LogP contribution >= 0.6 is 0 Å². The molecule has 0 aliphatic carbocycles. The minimum absolute atomic E-state index is 0.0342. The molecule has 2 aliphatic heterocycles. The van der Waals surface area contributed by atoms with E-state index in [0.717, 1.165) is 25.9 Å². The second kappa shape index (κ2) is 4.25. The maximum Gasteiger partial charge on any atom is 0.239 e. The van der Waals surface area contributed by atoms with Crippen LogP contribution in [0.5, 0.6) is 0 Å². The Bertz CT molecular complexity index is 216. The molecule has 2 fully saturated rings. The van der Waals surface area contributed by atoms with Crippen molar-refractivity contribution in [3.05, 3.63) is 0 Å². The van der Waals surface area contributed by atoms with Crippen LogP contribution in [0.25, 0.3) is 0 Å². The van der Waals surface area contributed by atoms with E-state index in [1.54, 1.807) is 0 Å². The molecule has 3 N–H and O–H groups in total. The third-order valence-electron chi connectivity index (χ3n) is 2.66. The summed E-state index contributed by atoms with van der Waals surface area (Å²) in [4.78, 5) is 10.8. The quantitative estimate of drug-likeness (QED) is 0.594. The number of carbonyl (C=O) groups excluding carboxylic acids is 1. The summed E-state index contributed by atoms with van der Waals surface area (Å²) in [7, 11) is 0. The second-order valence-corrected chi connectivity index (χ2v) is 3.77. The van der Waals surface area contributed by atoms with Crippen LogP contribution in [-0.4, -0.2) is 37.5 Å². The molecular weight excluding hydrogens is 184 g/mol. The Kier molecular flexibility index (Phi) is 3.00. The average molecular weight is 200 g/mol. The van der Waals surface area contributed by atoms with Crippen molar-refractivity contribution in [1.82, 2.24) is 5.32 Å². The molecule has 1 amide bonds. The third kappa shape index (κ3) is 2.05. The van der Waals surface area contributed by atoms with E-state index in [-0.39, 0.29) is 18.2 Å². The summed E-state index contributed by atoms with van der Waals surface area (Å²) in [5, 5.41) is 2.69. The predicted molar refractivity (Wildman–Crippen MR) is 49.4 cm³/mol. The largest absolute Gasteiger partial charge is 0.353 e. The van der Waals surface area contributed by atoms with E-state index in [1.165, 1.54) is 0 Å². The molecule has 3 atom stereocenters. The number of amides is 1. The van der Waals surface area contributed by atoms with Gasteiger partial charge in [0.1, 0.15) is 6.04 Å². The summed E-state index contributed by atoms with van der Waals surface area (Å²) in [5.74, 6) is -0.0943. The molecule has 0 radical (unpaired) electrons. The van der Waals surface area contributed by atoms with E-state index in [4.69, 9.17) is 15.2 Å². The molecule has 0 aromatic heterocycles. The highest BCUT2D eigenvalue weighted by Gasteiger charge is 2.36. The van der Waals surface area contributed by atoms with Gasteiger partial charge in [0.2, 0.25) is 5.91 Å². The van der Waals surface area contributed by atoms with Gasteiger partial charge < -0.3 is 20.5 Å². The topological polar surface area (TPSA) is 73.6 Å². The molecule has 5 nitrogen and oxygen atoms in total. The number of rotatable bonds is 3. The average Bonchev–Trinajstić information content (AvgIpc) is 2.25. The van der Waals surface area contributed by atoms with Crippen LogP contribution in [-0.2, 0) is 14.3 Å². The van der Waals surface area contributed by atoms with Crippen molar-refractivity contribution in [2.75, 3.05) is 13.2 Å². The first-order valence-electron chi connectivity index (χ1n) is 5.06. The maximum atomic E-state index is 10.8. The fourth-order valence-electron chi connectivity index (χ4n) is 1.65. The first-order chi connectivity index (χ1) is 6.77. The second-order valence-electron chi connectivity index (χ2n) is 3.77. The lowest BCUT2D eigenvalue weighted by Gasteiger charge is -2.35. The number of carbonyl (C=O) groups is 1. The Balaban J connectivity index is 1.64. The number of β-lactam (4-membered cyclic amide) rings is 1. The van der Waals surface area contributed by atoms with E-state index in [2.05, 4.69) is 5.32 Å². The van der Waals surface area contributed by atoms with Gasteiger partial charge in [-0.1, -0.05) is 0 Å². The highest BCUT2D eigenvalue weighted by Crippen LogP contribution is 2.15. The predicted octanol–water partition coefficient (Wildman–Crippen LogP) is -0.645. The van der Waals surface area contributed by atoms with Crippen molar-refractivity contribution in [2.45, 2.75) is 37.6 Å². The number of hydrogen-bond acceptors (Lipinski definition) is 4. The third-order valence-corrected chi connectivity index (χ3v) is 2.66. The molecule has 2 heterocycles. The molecule has 2 saturated heterocycles. The standard InChI is InChI=1S/C9H16N2O3/c10-8-6(11-9(8)12)5-14-7-3-1-2-4-13-7/h6-8H,1-5,10H2,(H,11,12)/t6-,7+,8+/m0/s1. The van der Waals surface area contributed by atoms with Gasteiger partial charge in [-0.15, -0.1) is 0 Å². The molecule has 0 saturated carbocycles. The summed E-state index contributed by atoms with van der Waals surface area (Å²) in [6, 6.07) is -0.438. The van der Waals surface area contributed by atoms with Crippen LogP contribution in [0.15, 0.2) is 0 Å². The van der Waals surface area contributed by atoms with Gasteiger partial charge in [0, 0.05) is 6.61 Å². The SMILES string of the molecule is N[C@H]1C(=O)N[C@H]1CO[C@@H]1CCCCO1. The summed E-state index contributed by atoms with van der Waals surface area (Å²) in [5.41, 5.74) is 5.55. The summed E-state index contributed by atoms with van der Waals surface area (Å²) in [6.45, 7) is 1.23. The molecular formula is C9H16N2O3. The number of hydrogen-bond donors (Lipinski definition) is 2. The molecule has 0 bridgehead atoms. The molecule has 0 spiro atoms. The highest BCUT2D eigenvalue weighted by atomic mass is 16.7. The fourth-order valence-corrected chi connectivity index (χ4v) is 1.65. The monoisotopic (exact) mass is 200 g/mol. The van der Waals surface area contributed by atoms with E-state index in [0.29, 0.717) is 6.61 Å². The maximum absolute atomic E-state index is 10.8. The molecule has 0 aromatic carbocycles. The van der Waals surface area contributed by atoms with Gasteiger partial charge >= 0.3 is 0 Å². The van der Waals surface area contributed by atoms with Gasteiger partial charge in [0.15, 0.2) is 6.29 Å². The molecule has 80 valence electrons. The van der Waals surface area contributed by atoms with Crippen molar-refractivity contribution in [3.8, 4) is 0 Å². The zero-order valence-corrected chi connectivity index (χ0v) is 8.07. The van der Waals surface area contributed by atoms with E-state index < -0.39 is 6.04 Å². The van der Waals surface area contributed by atoms with Gasteiger partial charge in [0.25, 0.3) is 0 Å². The Morgan fingerprint density at radius 3 is 3.00 bits per heavy atom. The Morgan fingerprint density at radius 2 is 2.43 bits per heavy atom. The van der Waals surface area contributed by atoms with Crippen LogP contribution in [0, 0.1) is 0 Å². The van der Waals surface area contributed by atoms with Crippen molar-refractivity contribution in [3.63, 3.8) is 0 Å². The molecule has 2 aliphatic rings. The molecule has 14 heavy (non-hydrogen) atoms. The molecule has 5 heteroatoms. The molecule has 2 rings (SSSR count). The summed E-state index contributed by atoms with van der Waals surface area (Å²) >= 11 is 0. The Hall–Kier alpha value is -0.650.